The fourth-order valence-electron chi connectivity index (χ4n) is 2.40. The van der Waals surface area contributed by atoms with E-state index in [1.165, 1.54) is 0 Å². The molecule has 1 aromatic rings. The molecule has 20 heavy (non-hydrogen) atoms. The predicted octanol–water partition coefficient (Wildman–Crippen LogP) is 1.23. The molecule has 1 saturated heterocycles. The third-order valence-corrected chi connectivity index (χ3v) is 5.42. The number of rotatable bonds is 5. The minimum Gasteiger partial charge on any atom is -0.493 e. The quantitative estimate of drug-likeness (QED) is 0.884. The molecule has 0 aromatic heterocycles. The van der Waals surface area contributed by atoms with Gasteiger partial charge >= 0.3 is 0 Å². The van der Waals surface area contributed by atoms with Gasteiger partial charge in [0.15, 0.2) is 11.5 Å². The third kappa shape index (κ3) is 3.86. The number of hydrogen-bond acceptors (Lipinski definition) is 5. The number of hydrogen-bond donors (Lipinski definition) is 1. The molecule has 1 aliphatic heterocycles. The first kappa shape index (κ1) is 15.1. The molecular weight excluding hydrogens is 278 g/mol. The maximum Gasteiger partial charge on any atom is 0.161 e. The van der Waals surface area contributed by atoms with Crippen LogP contribution in [0.5, 0.6) is 11.5 Å². The molecular formula is C14H21NO4S. The smallest absolute Gasteiger partial charge is 0.161 e. The summed E-state index contributed by atoms with van der Waals surface area (Å²) >= 11 is 0. The van der Waals surface area contributed by atoms with E-state index in [4.69, 9.17) is 15.2 Å². The Morgan fingerprint density at radius 2 is 1.85 bits per heavy atom. The number of sulfone groups is 1. The zero-order valence-electron chi connectivity index (χ0n) is 11.6. The Morgan fingerprint density at radius 1 is 1.25 bits per heavy atom. The van der Waals surface area contributed by atoms with E-state index in [0.29, 0.717) is 30.9 Å². The lowest BCUT2D eigenvalue weighted by Crippen LogP contribution is -2.40. The highest BCUT2D eigenvalue weighted by atomic mass is 32.2. The van der Waals surface area contributed by atoms with Gasteiger partial charge in [-0.2, -0.15) is 0 Å². The molecule has 1 atom stereocenters. The second kappa shape index (κ2) is 6.45. The normalized spacial score (nSPS) is 20.3. The Hall–Kier alpha value is -1.27. The minimum atomic E-state index is -2.84. The van der Waals surface area contributed by atoms with Crippen LogP contribution in [0.3, 0.4) is 0 Å². The highest BCUT2D eigenvalue weighted by Crippen LogP contribution is 2.27. The Morgan fingerprint density at radius 3 is 2.45 bits per heavy atom. The molecule has 1 heterocycles. The molecule has 2 rings (SSSR count). The van der Waals surface area contributed by atoms with E-state index in [2.05, 4.69) is 0 Å². The van der Waals surface area contributed by atoms with Crippen molar-refractivity contribution in [1.82, 2.24) is 0 Å². The van der Waals surface area contributed by atoms with Gasteiger partial charge in [0.25, 0.3) is 0 Å². The van der Waals surface area contributed by atoms with Gasteiger partial charge in [0.05, 0.1) is 18.6 Å². The van der Waals surface area contributed by atoms with E-state index in [1.807, 2.05) is 24.3 Å². The molecule has 1 fully saturated rings. The van der Waals surface area contributed by atoms with Gasteiger partial charge in [-0.3, -0.25) is 0 Å². The van der Waals surface area contributed by atoms with E-state index in [1.54, 1.807) is 7.11 Å². The van der Waals surface area contributed by atoms with E-state index in [9.17, 15) is 8.42 Å². The molecule has 0 bridgehead atoms. The number of ether oxygens (including phenoxy) is 2. The standard InChI is InChI=1S/C14H21NO4S/c1-18-13-4-2-3-5-14(13)19-10-12(15)11-6-8-20(16,17)9-7-11/h2-5,11-12H,6-10,15H2,1H3. The molecule has 5 nitrogen and oxygen atoms in total. The van der Waals surface area contributed by atoms with Crippen LogP contribution < -0.4 is 15.2 Å². The van der Waals surface area contributed by atoms with Gasteiger partial charge < -0.3 is 15.2 Å². The first-order chi connectivity index (χ1) is 9.52. The molecule has 112 valence electrons. The summed E-state index contributed by atoms with van der Waals surface area (Å²) in [5.41, 5.74) is 6.12. The predicted molar refractivity (Wildman–Crippen MR) is 77.8 cm³/mol. The number of methoxy groups -OCH3 is 1. The van der Waals surface area contributed by atoms with Crippen molar-refractivity contribution in [2.45, 2.75) is 18.9 Å². The summed E-state index contributed by atoms with van der Waals surface area (Å²) < 4.78 is 33.7. The fraction of sp³-hybridized carbons (Fsp3) is 0.571. The zero-order chi connectivity index (χ0) is 14.6. The third-order valence-electron chi connectivity index (χ3n) is 3.71. The van der Waals surface area contributed by atoms with Crippen LogP contribution in [0, 0.1) is 5.92 Å². The Balaban J connectivity index is 1.88. The Kier molecular flexibility index (Phi) is 4.88. The molecule has 1 aliphatic rings. The summed E-state index contributed by atoms with van der Waals surface area (Å²) in [5.74, 6) is 2.01. The van der Waals surface area contributed by atoms with Crippen molar-refractivity contribution < 1.29 is 17.9 Å². The maximum absolute atomic E-state index is 11.4. The molecule has 0 radical (unpaired) electrons. The van der Waals surface area contributed by atoms with Crippen LogP contribution in [0.4, 0.5) is 0 Å². The summed E-state index contributed by atoms with van der Waals surface area (Å²) in [4.78, 5) is 0. The molecule has 0 spiro atoms. The first-order valence-electron chi connectivity index (χ1n) is 6.73. The number of para-hydroxylation sites is 2. The lowest BCUT2D eigenvalue weighted by atomic mass is 9.95. The SMILES string of the molecule is COc1ccccc1OCC(N)C1CCS(=O)(=O)CC1. The fourth-order valence-corrected chi connectivity index (χ4v) is 3.92. The first-order valence-corrected chi connectivity index (χ1v) is 8.56. The molecule has 1 aromatic carbocycles. The van der Waals surface area contributed by atoms with Crippen LogP contribution >= 0.6 is 0 Å². The van der Waals surface area contributed by atoms with E-state index < -0.39 is 9.84 Å². The second-order valence-corrected chi connectivity index (χ2v) is 7.42. The molecule has 0 aliphatic carbocycles. The summed E-state index contributed by atoms with van der Waals surface area (Å²) in [7, 11) is -1.25. The van der Waals surface area contributed by atoms with Crippen LogP contribution in [0.15, 0.2) is 24.3 Å². The van der Waals surface area contributed by atoms with Gasteiger partial charge in [-0.1, -0.05) is 12.1 Å². The van der Waals surface area contributed by atoms with Crippen molar-refractivity contribution >= 4 is 9.84 Å². The Labute approximate surface area is 120 Å². The lowest BCUT2D eigenvalue weighted by Gasteiger charge is -2.27. The van der Waals surface area contributed by atoms with Gasteiger partial charge in [-0.05, 0) is 30.9 Å². The van der Waals surface area contributed by atoms with E-state index in [-0.39, 0.29) is 23.5 Å². The van der Waals surface area contributed by atoms with Gasteiger partial charge in [0.1, 0.15) is 16.4 Å². The molecule has 6 heteroatoms. The highest BCUT2D eigenvalue weighted by molar-refractivity contribution is 7.91. The maximum atomic E-state index is 11.4. The van der Waals surface area contributed by atoms with Crippen LogP contribution in [0.2, 0.25) is 0 Å². The highest BCUT2D eigenvalue weighted by Gasteiger charge is 2.28. The summed E-state index contributed by atoms with van der Waals surface area (Å²) in [6, 6.07) is 7.24. The van der Waals surface area contributed by atoms with Gasteiger partial charge in [0, 0.05) is 6.04 Å². The lowest BCUT2D eigenvalue weighted by molar-refractivity contribution is 0.229. The Bertz CT molecular complexity index is 530. The topological polar surface area (TPSA) is 78.6 Å². The molecule has 0 amide bonds. The summed E-state index contributed by atoms with van der Waals surface area (Å²) in [6.45, 7) is 0.366. The van der Waals surface area contributed by atoms with Crippen LogP contribution in [-0.2, 0) is 9.84 Å². The van der Waals surface area contributed by atoms with Crippen molar-refractivity contribution in [3.05, 3.63) is 24.3 Å². The van der Waals surface area contributed by atoms with Crippen molar-refractivity contribution in [2.24, 2.45) is 11.7 Å². The van der Waals surface area contributed by atoms with Crippen molar-refractivity contribution in [3.63, 3.8) is 0 Å². The monoisotopic (exact) mass is 299 g/mol. The largest absolute Gasteiger partial charge is 0.493 e. The second-order valence-electron chi connectivity index (χ2n) is 5.11. The van der Waals surface area contributed by atoms with Crippen molar-refractivity contribution in [2.75, 3.05) is 25.2 Å². The van der Waals surface area contributed by atoms with Crippen LogP contribution in [0.1, 0.15) is 12.8 Å². The van der Waals surface area contributed by atoms with E-state index >= 15 is 0 Å². The van der Waals surface area contributed by atoms with E-state index in [0.717, 1.165) is 0 Å². The van der Waals surface area contributed by atoms with Crippen LogP contribution in [0.25, 0.3) is 0 Å². The summed E-state index contributed by atoms with van der Waals surface area (Å²) in [5, 5.41) is 0. The molecule has 2 N–H and O–H groups in total. The zero-order valence-corrected chi connectivity index (χ0v) is 12.4. The van der Waals surface area contributed by atoms with Crippen LogP contribution in [-0.4, -0.2) is 39.7 Å². The number of benzene rings is 1. The van der Waals surface area contributed by atoms with Gasteiger partial charge in [-0.15, -0.1) is 0 Å². The molecule has 0 saturated carbocycles. The van der Waals surface area contributed by atoms with Crippen molar-refractivity contribution in [3.8, 4) is 11.5 Å². The number of nitrogens with two attached hydrogens (primary N) is 1. The molecule has 1 unspecified atom stereocenters. The minimum absolute atomic E-state index is 0.157. The van der Waals surface area contributed by atoms with Gasteiger partial charge in [0.2, 0.25) is 0 Å². The average Bonchev–Trinajstić information content (AvgIpc) is 2.45. The van der Waals surface area contributed by atoms with Crippen molar-refractivity contribution in [1.29, 1.82) is 0 Å². The van der Waals surface area contributed by atoms with Gasteiger partial charge in [-0.25, -0.2) is 8.42 Å². The average molecular weight is 299 g/mol. The summed E-state index contributed by atoms with van der Waals surface area (Å²) in [6.07, 6.45) is 1.25.